The van der Waals surface area contributed by atoms with Crippen LogP contribution in [0.25, 0.3) is 0 Å². The van der Waals surface area contributed by atoms with Gasteiger partial charge in [-0.1, -0.05) is 29.8 Å². The van der Waals surface area contributed by atoms with Crippen molar-refractivity contribution in [1.29, 1.82) is 5.26 Å². The Morgan fingerprint density at radius 2 is 1.65 bits per heavy atom. The number of hydrogen-bond donors (Lipinski definition) is 0. The zero-order chi connectivity index (χ0) is 12.5. The molecule has 3 nitrogen and oxygen atoms in total. The van der Waals surface area contributed by atoms with Crippen molar-refractivity contribution < 1.29 is 9.47 Å². The molecule has 1 aromatic carbocycles. The predicted octanol–water partition coefficient (Wildman–Crippen LogP) is 2.54. The fourth-order valence-corrected chi connectivity index (χ4v) is 2.46. The number of benzene rings is 1. The van der Waals surface area contributed by atoms with E-state index in [1.807, 2.05) is 31.2 Å². The Kier molecular flexibility index (Phi) is 2.94. The summed E-state index contributed by atoms with van der Waals surface area (Å²) < 4.78 is 10.7. The van der Waals surface area contributed by atoms with Crippen molar-refractivity contribution in [3.63, 3.8) is 0 Å². The SMILES string of the molecule is COC1(OC)CC(C#N)(c2ccc(C)cc2)C1. The lowest BCUT2D eigenvalue weighted by Gasteiger charge is -2.50. The topological polar surface area (TPSA) is 42.2 Å². The molecule has 17 heavy (non-hydrogen) atoms. The van der Waals surface area contributed by atoms with Crippen LogP contribution < -0.4 is 0 Å². The van der Waals surface area contributed by atoms with E-state index < -0.39 is 11.2 Å². The molecule has 0 bridgehead atoms. The molecule has 0 heterocycles. The predicted molar refractivity (Wildman–Crippen MR) is 64.5 cm³/mol. The standard InChI is InChI=1S/C14H17NO2/c1-11-4-6-12(7-5-11)13(10-15)8-14(9-13,16-2)17-3/h4-7H,8-9H2,1-3H3. The molecule has 1 saturated carbocycles. The maximum Gasteiger partial charge on any atom is 0.171 e. The number of hydrogen-bond acceptors (Lipinski definition) is 3. The van der Waals surface area contributed by atoms with E-state index in [0.29, 0.717) is 12.8 Å². The van der Waals surface area contributed by atoms with Crippen LogP contribution in [0.5, 0.6) is 0 Å². The Morgan fingerprint density at radius 1 is 1.12 bits per heavy atom. The van der Waals surface area contributed by atoms with Crippen molar-refractivity contribution in [2.75, 3.05) is 14.2 Å². The first-order valence-electron chi connectivity index (χ1n) is 5.68. The second-order valence-corrected chi connectivity index (χ2v) is 4.73. The second-order valence-electron chi connectivity index (χ2n) is 4.73. The van der Waals surface area contributed by atoms with E-state index in [0.717, 1.165) is 5.56 Å². The normalized spacial score (nSPS) is 20.4. The molecule has 1 aliphatic rings. The van der Waals surface area contributed by atoms with E-state index in [9.17, 15) is 5.26 Å². The number of methoxy groups -OCH3 is 2. The van der Waals surface area contributed by atoms with Gasteiger partial charge in [-0.2, -0.15) is 5.26 Å². The highest BCUT2D eigenvalue weighted by Crippen LogP contribution is 2.51. The quantitative estimate of drug-likeness (QED) is 0.751. The molecule has 0 spiro atoms. The van der Waals surface area contributed by atoms with Gasteiger partial charge in [-0.25, -0.2) is 0 Å². The summed E-state index contributed by atoms with van der Waals surface area (Å²) in [6.45, 7) is 2.04. The third-order valence-electron chi connectivity index (χ3n) is 3.70. The van der Waals surface area contributed by atoms with E-state index in [1.54, 1.807) is 14.2 Å². The van der Waals surface area contributed by atoms with E-state index in [4.69, 9.17) is 9.47 Å². The highest BCUT2D eigenvalue weighted by atomic mass is 16.7. The molecule has 3 heteroatoms. The minimum absolute atomic E-state index is 0.459. The summed E-state index contributed by atoms with van der Waals surface area (Å²) in [6, 6.07) is 10.5. The first-order chi connectivity index (χ1) is 8.10. The molecule has 0 aliphatic heterocycles. The Labute approximate surface area is 102 Å². The Hall–Kier alpha value is -1.37. The van der Waals surface area contributed by atoms with Gasteiger partial charge in [0.25, 0.3) is 0 Å². The summed E-state index contributed by atoms with van der Waals surface area (Å²) in [5.41, 5.74) is 1.79. The van der Waals surface area contributed by atoms with Gasteiger partial charge in [-0.3, -0.25) is 0 Å². The minimum Gasteiger partial charge on any atom is -0.353 e. The lowest BCUT2D eigenvalue weighted by molar-refractivity contribution is -0.269. The van der Waals surface area contributed by atoms with Gasteiger partial charge >= 0.3 is 0 Å². The number of nitrogens with zero attached hydrogens (tertiary/aromatic N) is 1. The Bertz CT molecular complexity index is 432. The van der Waals surface area contributed by atoms with Crippen LogP contribution in [0.4, 0.5) is 0 Å². The lowest BCUT2D eigenvalue weighted by Crippen LogP contribution is -2.56. The molecule has 0 N–H and O–H groups in total. The van der Waals surface area contributed by atoms with Crippen LogP contribution in [-0.4, -0.2) is 20.0 Å². The van der Waals surface area contributed by atoms with Crippen molar-refractivity contribution in [3.05, 3.63) is 35.4 Å². The molecule has 1 aromatic rings. The van der Waals surface area contributed by atoms with Gasteiger partial charge in [0.05, 0.1) is 11.5 Å². The number of aryl methyl sites for hydroxylation is 1. The van der Waals surface area contributed by atoms with Gasteiger partial charge in [0.2, 0.25) is 0 Å². The van der Waals surface area contributed by atoms with Crippen LogP contribution >= 0.6 is 0 Å². The second kappa shape index (κ2) is 4.14. The number of ether oxygens (including phenoxy) is 2. The molecule has 0 saturated heterocycles. The molecule has 0 unspecified atom stereocenters. The summed E-state index contributed by atoms with van der Waals surface area (Å²) in [7, 11) is 3.25. The molecule has 0 amide bonds. The maximum atomic E-state index is 9.42. The maximum absolute atomic E-state index is 9.42. The van der Waals surface area contributed by atoms with Crippen molar-refractivity contribution in [3.8, 4) is 6.07 Å². The van der Waals surface area contributed by atoms with Gasteiger partial charge in [-0.05, 0) is 12.5 Å². The molecule has 90 valence electrons. The van der Waals surface area contributed by atoms with Crippen LogP contribution in [0, 0.1) is 18.3 Å². The summed E-state index contributed by atoms with van der Waals surface area (Å²) in [5, 5.41) is 9.42. The van der Waals surface area contributed by atoms with Crippen LogP contribution in [-0.2, 0) is 14.9 Å². The highest BCUT2D eigenvalue weighted by Gasteiger charge is 2.57. The molecular formula is C14H17NO2. The molecule has 0 aromatic heterocycles. The summed E-state index contributed by atoms with van der Waals surface area (Å²) in [4.78, 5) is 0. The smallest absolute Gasteiger partial charge is 0.171 e. The van der Waals surface area contributed by atoms with Crippen molar-refractivity contribution in [1.82, 2.24) is 0 Å². The first-order valence-corrected chi connectivity index (χ1v) is 5.68. The molecule has 1 aliphatic carbocycles. The van der Waals surface area contributed by atoms with E-state index in [-0.39, 0.29) is 0 Å². The van der Waals surface area contributed by atoms with Crippen LogP contribution in [0.1, 0.15) is 24.0 Å². The largest absolute Gasteiger partial charge is 0.353 e. The van der Waals surface area contributed by atoms with Gasteiger partial charge in [0.1, 0.15) is 0 Å². The summed E-state index contributed by atoms with van der Waals surface area (Å²) in [5.74, 6) is -0.583. The van der Waals surface area contributed by atoms with Crippen LogP contribution in [0.3, 0.4) is 0 Å². The highest BCUT2D eigenvalue weighted by molar-refractivity contribution is 5.39. The molecule has 0 radical (unpaired) electrons. The Morgan fingerprint density at radius 3 is 2.06 bits per heavy atom. The minimum atomic E-state index is -0.583. The third kappa shape index (κ3) is 1.84. The Balaban J connectivity index is 2.26. The monoisotopic (exact) mass is 231 g/mol. The van der Waals surface area contributed by atoms with Gasteiger partial charge < -0.3 is 9.47 Å². The van der Waals surface area contributed by atoms with Crippen molar-refractivity contribution in [2.45, 2.75) is 31.0 Å². The summed E-state index contributed by atoms with van der Waals surface area (Å²) >= 11 is 0. The molecule has 2 rings (SSSR count). The van der Waals surface area contributed by atoms with Crippen molar-refractivity contribution in [2.24, 2.45) is 0 Å². The lowest BCUT2D eigenvalue weighted by atomic mass is 9.61. The van der Waals surface area contributed by atoms with E-state index in [1.165, 1.54) is 5.56 Å². The third-order valence-corrected chi connectivity index (χ3v) is 3.70. The average molecular weight is 231 g/mol. The van der Waals surface area contributed by atoms with Crippen molar-refractivity contribution >= 4 is 0 Å². The molecule has 1 fully saturated rings. The molecular weight excluding hydrogens is 214 g/mol. The van der Waals surface area contributed by atoms with Crippen LogP contribution in [0.2, 0.25) is 0 Å². The van der Waals surface area contributed by atoms with Crippen LogP contribution in [0.15, 0.2) is 24.3 Å². The first kappa shape index (κ1) is 12.1. The zero-order valence-corrected chi connectivity index (χ0v) is 10.5. The fraction of sp³-hybridized carbons (Fsp3) is 0.500. The zero-order valence-electron chi connectivity index (χ0n) is 10.5. The summed E-state index contributed by atoms with van der Waals surface area (Å²) in [6.07, 6.45) is 1.18. The fourth-order valence-electron chi connectivity index (χ4n) is 2.46. The van der Waals surface area contributed by atoms with E-state index in [2.05, 4.69) is 6.07 Å². The average Bonchev–Trinajstić information content (AvgIpc) is 2.32. The van der Waals surface area contributed by atoms with Gasteiger partial charge in [-0.15, -0.1) is 0 Å². The number of rotatable bonds is 3. The molecule has 0 atom stereocenters. The van der Waals surface area contributed by atoms with Gasteiger partial charge in [0.15, 0.2) is 5.79 Å². The number of nitriles is 1. The van der Waals surface area contributed by atoms with E-state index >= 15 is 0 Å². The van der Waals surface area contributed by atoms with Gasteiger partial charge in [0, 0.05) is 27.1 Å².